The number of amides is 1. The van der Waals surface area contributed by atoms with Crippen LogP contribution in [0.3, 0.4) is 0 Å². The summed E-state index contributed by atoms with van der Waals surface area (Å²) in [5.41, 5.74) is 3.09. The van der Waals surface area contributed by atoms with Gasteiger partial charge in [0.05, 0.1) is 5.69 Å². The van der Waals surface area contributed by atoms with Crippen LogP contribution in [0.1, 0.15) is 11.1 Å². The minimum atomic E-state index is 0.000000000000000222. The molecule has 0 unspecified atom stereocenters. The molecule has 0 radical (unpaired) electrons. The highest BCUT2D eigenvalue weighted by molar-refractivity contribution is 8.00. The van der Waals surface area contributed by atoms with Crippen molar-refractivity contribution >= 4 is 23.5 Å². The minimum absolute atomic E-state index is 0.000000000000000222. The maximum absolute atomic E-state index is 11.6. The topological polar surface area (TPSA) is 29.5 Å². The van der Waals surface area contributed by atoms with Crippen molar-refractivity contribution < 1.29 is 9.53 Å². The van der Waals surface area contributed by atoms with Gasteiger partial charge in [-0.15, -0.1) is 0 Å². The maximum Gasteiger partial charge on any atom is 0.275 e. The van der Waals surface area contributed by atoms with Gasteiger partial charge in [0, 0.05) is 6.26 Å². The molecule has 1 aromatic carbocycles. The third-order valence-electron chi connectivity index (χ3n) is 2.37. The van der Waals surface area contributed by atoms with Crippen LogP contribution in [-0.2, 0) is 4.79 Å². The Morgan fingerprint density at radius 2 is 2.13 bits per heavy atom. The third-order valence-corrected chi connectivity index (χ3v) is 3.13. The van der Waals surface area contributed by atoms with Gasteiger partial charge < -0.3 is 4.74 Å². The van der Waals surface area contributed by atoms with Crippen molar-refractivity contribution in [3.63, 3.8) is 0 Å². The summed E-state index contributed by atoms with van der Waals surface area (Å²) in [6.07, 6.45) is 1.89. The molecule has 1 heterocycles. The Kier molecular flexibility index (Phi) is 2.61. The first-order chi connectivity index (χ1) is 7.13. The lowest BCUT2D eigenvalue weighted by Crippen LogP contribution is -2.33. The van der Waals surface area contributed by atoms with E-state index in [-0.39, 0.29) is 12.5 Å². The number of rotatable bonds is 1. The molecule has 0 fully saturated rings. The lowest BCUT2D eigenvalue weighted by atomic mass is 10.1. The third kappa shape index (κ3) is 1.69. The van der Waals surface area contributed by atoms with Crippen molar-refractivity contribution in [3.8, 4) is 5.75 Å². The predicted octanol–water partition coefficient (Wildman–Crippen LogP) is 2.31. The van der Waals surface area contributed by atoms with Crippen molar-refractivity contribution in [3.05, 3.63) is 23.3 Å². The van der Waals surface area contributed by atoms with E-state index in [1.807, 2.05) is 26.2 Å². The SMILES string of the molecule is CSN1C(=O)COc2c(C)cc(C)cc21. The molecule has 0 N–H and O–H groups in total. The molecule has 80 valence electrons. The summed E-state index contributed by atoms with van der Waals surface area (Å²) < 4.78 is 7.14. The fourth-order valence-electron chi connectivity index (χ4n) is 1.80. The van der Waals surface area contributed by atoms with Gasteiger partial charge in [-0.25, -0.2) is 4.31 Å². The summed E-state index contributed by atoms with van der Waals surface area (Å²) in [4.78, 5) is 11.6. The van der Waals surface area contributed by atoms with E-state index in [0.717, 1.165) is 22.6 Å². The fourth-order valence-corrected chi connectivity index (χ4v) is 2.39. The Morgan fingerprint density at radius 3 is 2.80 bits per heavy atom. The first-order valence-corrected chi connectivity index (χ1v) is 5.92. The van der Waals surface area contributed by atoms with E-state index in [2.05, 4.69) is 6.07 Å². The van der Waals surface area contributed by atoms with E-state index in [0.29, 0.717) is 0 Å². The van der Waals surface area contributed by atoms with Gasteiger partial charge in [-0.2, -0.15) is 0 Å². The zero-order valence-electron chi connectivity index (χ0n) is 9.03. The molecular weight excluding hydrogens is 210 g/mol. The molecule has 0 spiro atoms. The summed E-state index contributed by atoms with van der Waals surface area (Å²) in [7, 11) is 0. The van der Waals surface area contributed by atoms with Crippen LogP contribution in [0.25, 0.3) is 0 Å². The van der Waals surface area contributed by atoms with E-state index >= 15 is 0 Å². The van der Waals surface area contributed by atoms with E-state index in [1.165, 1.54) is 11.9 Å². The molecule has 0 aliphatic carbocycles. The van der Waals surface area contributed by atoms with E-state index < -0.39 is 0 Å². The second-order valence-electron chi connectivity index (χ2n) is 3.59. The highest BCUT2D eigenvalue weighted by Gasteiger charge is 2.26. The molecular formula is C11H13NO2S. The van der Waals surface area contributed by atoms with E-state index in [1.54, 1.807) is 4.31 Å². The Morgan fingerprint density at radius 1 is 1.40 bits per heavy atom. The van der Waals surface area contributed by atoms with Gasteiger partial charge in [-0.3, -0.25) is 4.79 Å². The number of ether oxygens (including phenoxy) is 1. The predicted molar refractivity (Wildman–Crippen MR) is 62.4 cm³/mol. The number of fused-ring (bicyclic) bond motifs is 1. The second-order valence-corrected chi connectivity index (χ2v) is 4.32. The number of aryl methyl sites for hydroxylation is 2. The molecule has 4 heteroatoms. The first kappa shape index (κ1) is 10.4. The molecule has 0 bridgehead atoms. The van der Waals surface area contributed by atoms with Gasteiger partial charge in [0.2, 0.25) is 0 Å². The lowest BCUT2D eigenvalue weighted by Gasteiger charge is -2.28. The molecule has 15 heavy (non-hydrogen) atoms. The van der Waals surface area contributed by atoms with Crippen molar-refractivity contribution in [1.82, 2.24) is 0 Å². The minimum Gasteiger partial charge on any atom is -0.481 e. The number of anilines is 1. The Hall–Kier alpha value is -1.16. The van der Waals surface area contributed by atoms with Crippen LogP contribution in [0.15, 0.2) is 12.1 Å². The van der Waals surface area contributed by atoms with Crippen molar-refractivity contribution in [1.29, 1.82) is 0 Å². The van der Waals surface area contributed by atoms with Gasteiger partial charge in [-0.1, -0.05) is 6.07 Å². The van der Waals surface area contributed by atoms with E-state index in [9.17, 15) is 4.79 Å². The van der Waals surface area contributed by atoms with Gasteiger partial charge in [0.15, 0.2) is 6.61 Å². The number of carbonyl (C=O) groups is 1. The van der Waals surface area contributed by atoms with Gasteiger partial charge >= 0.3 is 0 Å². The van der Waals surface area contributed by atoms with Gasteiger partial charge in [0.1, 0.15) is 5.75 Å². The molecule has 2 rings (SSSR count). The molecule has 1 aromatic rings. The molecule has 0 atom stereocenters. The number of hydrogen-bond donors (Lipinski definition) is 0. The van der Waals surface area contributed by atoms with Crippen LogP contribution in [-0.4, -0.2) is 18.8 Å². The Labute approximate surface area is 93.5 Å². The molecule has 0 aromatic heterocycles. The smallest absolute Gasteiger partial charge is 0.275 e. The summed E-state index contributed by atoms with van der Waals surface area (Å²) in [5, 5.41) is 0. The number of carbonyl (C=O) groups excluding carboxylic acids is 1. The fraction of sp³-hybridized carbons (Fsp3) is 0.364. The summed E-state index contributed by atoms with van der Waals surface area (Å²) in [6, 6.07) is 4.04. The Balaban J connectivity index is 2.57. The van der Waals surface area contributed by atoms with Crippen molar-refractivity contribution in [2.24, 2.45) is 0 Å². The Bertz CT molecular complexity index is 417. The second kappa shape index (κ2) is 3.77. The number of hydrogen-bond acceptors (Lipinski definition) is 3. The van der Waals surface area contributed by atoms with Crippen LogP contribution in [0.5, 0.6) is 5.75 Å². The maximum atomic E-state index is 11.6. The average molecular weight is 223 g/mol. The van der Waals surface area contributed by atoms with E-state index in [4.69, 9.17) is 4.74 Å². The van der Waals surface area contributed by atoms with Crippen LogP contribution < -0.4 is 9.04 Å². The van der Waals surface area contributed by atoms with Gasteiger partial charge in [-0.05, 0) is 43.0 Å². The molecule has 0 saturated carbocycles. The molecule has 3 nitrogen and oxygen atoms in total. The monoisotopic (exact) mass is 223 g/mol. The molecule has 0 saturated heterocycles. The standard InChI is InChI=1S/C11H13NO2S/c1-7-4-8(2)11-9(5-7)12(15-3)10(13)6-14-11/h4-5H,6H2,1-3H3. The molecule has 1 aliphatic heterocycles. The first-order valence-electron chi connectivity index (χ1n) is 4.74. The van der Waals surface area contributed by atoms with Crippen LogP contribution in [0.4, 0.5) is 5.69 Å². The van der Waals surface area contributed by atoms with Crippen LogP contribution in [0.2, 0.25) is 0 Å². The molecule has 1 aliphatic rings. The summed E-state index contributed by atoms with van der Waals surface area (Å²) in [6.45, 7) is 4.16. The molecule has 1 amide bonds. The highest BCUT2D eigenvalue weighted by Crippen LogP contribution is 2.38. The number of nitrogens with zero attached hydrogens (tertiary/aromatic N) is 1. The number of benzene rings is 1. The van der Waals surface area contributed by atoms with Crippen molar-refractivity contribution in [2.75, 3.05) is 17.2 Å². The zero-order valence-corrected chi connectivity index (χ0v) is 9.85. The van der Waals surface area contributed by atoms with Crippen LogP contribution >= 0.6 is 11.9 Å². The highest BCUT2D eigenvalue weighted by atomic mass is 32.2. The summed E-state index contributed by atoms with van der Waals surface area (Å²) in [5.74, 6) is 0.828. The normalized spacial score (nSPS) is 14.9. The van der Waals surface area contributed by atoms with Crippen LogP contribution in [0, 0.1) is 13.8 Å². The average Bonchev–Trinajstić information content (AvgIpc) is 2.17. The largest absolute Gasteiger partial charge is 0.481 e. The summed E-state index contributed by atoms with van der Waals surface area (Å²) >= 11 is 1.42. The quantitative estimate of drug-likeness (QED) is 0.684. The zero-order chi connectivity index (χ0) is 11.0. The van der Waals surface area contributed by atoms with Gasteiger partial charge in [0.25, 0.3) is 5.91 Å². The lowest BCUT2D eigenvalue weighted by molar-refractivity contribution is -0.119. The van der Waals surface area contributed by atoms with Crippen molar-refractivity contribution in [2.45, 2.75) is 13.8 Å².